The lowest BCUT2D eigenvalue weighted by Gasteiger charge is -2.14. The van der Waals surface area contributed by atoms with Gasteiger partial charge in [-0.05, 0) is 208 Å². The fourth-order valence-electron chi connectivity index (χ4n) is 20.9. The Morgan fingerprint density at radius 1 is 0.141 bits per heavy atom. The van der Waals surface area contributed by atoms with Crippen molar-refractivity contribution in [3.8, 4) is 113 Å². The molecule has 0 aliphatic rings. The van der Waals surface area contributed by atoms with Crippen LogP contribution in [0.3, 0.4) is 0 Å². The van der Waals surface area contributed by atoms with Crippen LogP contribution in [-0.2, 0) is 0 Å². The van der Waals surface area contributed by atoms with Crippen LogP contribution in [0.4, 0.5) is 0 Å². The van der Waals surface area contributed by atoms with Crippen molar-refractivity contribution in [3.63, 3.8) is 0 Å². The molecule has 0 unspecified atom stereocenters. The van der Waals surface area contributed by atoms with Gasteiger partial charge in [-0.2, -0.15) is 0 Å². The Hall–Kier alpha value is -19.4. The Morgan fingerprint density at radius 2 is 0.444 bits per heavy atom. The highest BCUT2D eigenvalue weighted by atomic mass is 15.2. The molecule has 0 saturated heterocycles. The van der Waals surface area contributed by atoms with Gasteiger partial charge in [-0.3, -0.25) is 13.7 Å². The molecule has 0 N–H and O–H groups in total. The lowest BCUT2D eigenvalue weighted by Crippen LogP contribution is -2.04. The Labute approximate surface area is 815 Å². The molecule has 29 rings (SSSR count). The molecule has 0 bridgehead atoms. The molecular formula is C129H83N13. The lowest BCUT2D eigenvalue weighted by molar-refractivity contribution is 1.01. The number of hydrogen-bond donors (Lipinski definition) is 0. The number of nitrogens with zero attached hydrogens (tertiary/aromatic N) is 13. The monoisotopic (exact) mass is 1810 g/mol. The van der Waals surface area contributed by atoms with E-state index in [1.807, 2.05) is 36.4 Å². The molecule has 0 atom stereocenters. The van der Waals surface area contributed by atoms with E-state index in [1.54, 1.807) is 0 Å². The maximum Gasteiger partial charge on any atom is 0.235 e. The molecule has 19 aromatic carbocycles. The SMILES string of the molecule is c1ccc(-c2cc(-c3ccccc3)cc(-c3nc(-n4c5ccccc5c5cc6ccn(-c7ccccc7)c6cc54)nc4ccccc34)c2)cc1.c1ccc(-c2cc(-c3ccccc3)nc(-c3nc(-n4c5ccccc5c5cc6ccn(-c7ccccc7)c6cc54)nc4ccccc34)c2)cc1.c1ccc(-n2ccc3cc4c5ccccc5n(-c5nc(-c6ccc7ccccc7c6)c6ccccc6n5)c4cc32)cc1. The van der Waals surface area contributed by atoms with E-state index >= 15 is 0 Å². The zero-order valence-corrected chi connectivity index (χ0v) is 76.7. The van der Waals surface area contributed by atoms with Crippen LogP contribution in [0, 0.1) is 0 Å². The first-order valence-corrected chi connectivity index (χ1v) is 47.9. The summed E-state index contributed by atoms with van der Waals surface area (Å²) in [5.74, 6) is 1.92. The highest BCUT2D eigenvalue weighted by Crippen LogP contribution is 2.45. The number of rotatable bonds is 13. The molecular weight excluding hydrogens is 1730 g/mol. The standard InChI is InChI=1S/C46H30N4.C45H29N5.C38H24N4/c1-4-14-31(15-5-1)34-26-35(32-16-6-2-7-17-32)28-36(27-34)45-39-21-10-12-22-41(39)47-46(48-45)50-42-23-13-11-20-38(42)40-29-33-24-25-49(43(33)30-44(40)50)37-18-8-3-9-19-37;1-4-14-30(15-5-1)33-27-39(31-16-6-2-7-17-31)46-40(28-33)44-36-21-10-12-22-38(36)47-45(48-44)50-41-23-13-11-20-35(41)37-26-32-24-25-49(42(32)29-43(37)50)34-18-8-3-9-19-34;1-2-12-29(13-3-1)41-21-20-27-23-32-30-14-7-9-17-34(30)42(36(32)24-35(27)41)38-39-33-16-8-6-15-31(33)37(40-38)28-19-18-25-10-4-5-11-26(25)22-28/h1-30H;1-29H;1-24H. The predicted molar refractivity (Wildman–Crippen MR) is 585 cm³/mol. The molecule has 0 radical (unpaired) electrons. The van der Waals surface area contributed by atoms with Gasteiger partial charge in [0.05, 0.1) is 89.0 Å². The van der Waals surface area contributed by atoms with E-state index in [9.17, 15) is 0 Å². The van der Waals surface area contributed by atoms with Gasteiger partial charge in [0.2, 0.25) is 17.8 Å². The normalized spacial score (nSPS) is 11.7. The van der Waals surface area contributed by atoms with Crippen LogP contribution >= 0.6 is 0 Å². The van der Waals surface area contributed by atoms with Crippen molar-refractivity contribution < 1.29 is 0 Å². The van der Waals surface area contributed by atoms with E-state index in [1.165, 1.54) is 48.5 Å². The summed E-state index contributed by atoms with van der Waals surface area (Å²) < 4.78 is 13.4. The van der Waals surface area contributed by atoms with Crippen molar-refractivity contribution in [3.05, 3.63) is 504 Å². The van der Waals surface area contributed by atoms with E-state index in [-0.39, 0.29) is 0 Å². The predicted octanol–water partition coefficient (Wildman–Crippen LogP) is 32.2. The molecule has 29 aromatic rings. The third kappa shape index (κ3) is 14.5. The summed E-state index contributed by atoms with van der Waals surface area (Å²) in [4.78, 5) is 37.1. The number of pyridine rings is 1. The van der Waals surface area contributed by atoms with Crippen molar-refractivity contribution in [1.29, 1.82) is 0 Å². The van der Waals surface area contributed by atoms with E-state index in [4.69, 9.17) is 34.9 Å². The van der Waals surface area contributed by atoms with Crippen molar-refractivity contribution in [2.24, 2.45) is 0 Å². The van der Waals surface area contributed by atoms with E-state index in [2.05, 4.69) is 495 Å². The molecule has 0 amide bonds. The molecule has 0 saturated carbocycles. The Morgan fingerprint density at radius 3 is 0.845 bits per heavy atom. The summed E-state index contributed by atoms with van der Waals surface area (Å²) in [5, 5.41) is 16.0. The summed E-state index contributed by atoms with van der Waals surface area (Å²) >= 11 is 0. The fourth-order valence-corrected chi connectivity index (χ4v) is 20.9. The number of aromatic nitrogens is 13. The second kappa shape index (κ2) is 34.5. The number of fused-ring (bicyclic) bond motifs is 16. The van der Waals surface area contributed by atoms with Gasteiger partial charge >= 0.3 is 0 Å². The van der Waals surface area contributed by atoms with Crippen LogP contribution in [0.5, 0.6) is 0 Å². The maximum absolute atomic E-state index is 5.48. The smallest absolute Gasteiger partial charge is 0.235 e. The third-order valence-corrected chi connectivity index (χ3v) is 27.6. The molecule has 0 aliphatic heterocycles. The molecule has 0 spiro atoms. The highest BCUT2D eigenvalue weighted by Gasteiger charge is 2.26. The molecule has 664 valence electrons. The first-order valence-electron chi connectivity index (χ1n) is 47.9. The van der Waals surface area contributed by atoms with Crippen LogP contribution in [0.1, 0.15) is 0 Å². The first-order chi connectivity index (χ1) is 70.4. The fraction of sp³-hybridized carbons (Fsp3) is 0. The van der Waals surface area contributed by atoms with Crippen molar-refractivity contribution >= 4 is 142 Å². The van der Waals surface area contributed by atoms with Crippen LogP contribution < -0.4 is 0 Å². The van der Waals surface area contributed by atoms with Crippen molar-refractivity contribution in [2.75, 3.05) is 0 Å². The van der Waals surface area contributed by atoms with Crippen LogP contribution in [-0.4, -0.2) is 62.3 Å². The quantitative estimate of drug-likeness (QED) is 0.113. The minimum absolute atomic E-state index is 0.607. The molecule has 10 aromatic heterocycles. The number of hydrogen-bond acceptors (Lipinski definition) is 7. The first kappa shape index (κ1) is 82.1. The van der Waals surface area contributed by atoms with Crippen molar-refractivity contribution in [1.82, 2.24) is 62.3 Å². The van der Waals surface area contributed by atoms with Gasteiger partial charge < -0.3 is 13.7 Å². The maximum atomic E-state index is 5.48. The molecule has 142 heavy (non-hydrogen) atoms. The Kier molecular flexibility index (Phi) is 19.9. The summed E-state index contributed by atoms with van der Waals surface area (Å²) in [7, 11) is 0. The van der Waals surface area contributed by atoms with Gasteiger partial charge in [0.15, 0.2) is 0 Å². The average Bonchev–Trinajstić information content (AvgIpc) is 1.57. The van der Waals surface area contributed by atoms with Gasteiger partial charge in [0, 0.05) is 117 Å². The topological polar surface area (TPSA) is 120 Å². The van der Waals surface area contributed by atoms with E-state index in [0.717, 1.165) is 189 Å². The number of benzene rings is 19. The minimum atomic E-state index is 0.607. The van der Waals surface area contributed by atoms with Crippen LogP contribution in [0.2, 0.25) is 0 Å². The number of para-hydroxylation sites is 9. The van der Waals surface area contributed by atoms with Gasteiger partial charge in [-0.15, -0.1) is 0 Å². The van der Waals surface area contributed by atoms with Gasteiger partial charge in [-0.1, -0.05) is 322 Å². The summed E-state index contributed by atoms with van der Waals surface area (Å²) in [6.45, 7) is 0. The van der Waals surface area contributed by atoms with E-state index in [0.29, 0.717) is 17.8 Å². The lowest BCUT2D eigenvalue weighted by atomic mass is 9.94. The molecule has 13 nitrogen and oxygen atoms in total. The van der Waals surface area contributed by atoms with Crippen LogP contribution in [0.15, 0.2) is 504 Å². The average molecular weight is 1820 g/mol. The third-order valence-electron chi connectivity index (χ3n) is 27.6. The van der Waals surface area contributed by atoms with Gasteiger partial charge in [0.1, 0.15) is 5.69 Å². The summed E-state index contributed by atoms with van der Waals surface area (Å²) in [6.07, 6.45) is 6.45. The highest BCUT2D eigenvalue weighted by molar-refractivity contribution is 6.17. The van der Waals surface area contributed by atoms with Crippen molar-refractivity contribution in [2.45, 2.75) is 0 Å². The molecule has 13 heteroatoms. The zero-order valence-electron chi connectivity index (χ0n) is 76.7. The summed E-state index contributed by atoms with van der Waals surface area (Å²) in [5.41, 5.74) is 30.2. The Balaban J connectivity index is 0.000000107. The van der Waals surface area contributed by atoms with Gasteiger partial charge in [0.25, 0.3) is 0 Å². The Bertz CT molecular complexity index is 9470. The molecule has 10 heterocycles. The van der Waals surface area contributed by atoms with E-state index < -0.39 is 0 Å². The second-order valence-electron chi connectivity index (χ2n) is 36.0. The summed E-state index contributed by atoms with van der Waals surface area (Å²) in [6, 6.07) is 171. The second-order valence-corrected chi connectivity index (χ2v) is 36.0. The largest absolute Gasteiger partial charge is 0.316 e. The van der Waals surface area contributed by atoms with Crippen LogP contribution in [0.25, 0.3) is 255 Å². The zero-order chi connectivity index (χ0) is 93.7. The molecule has 0 fully saturated rings. The minimum Gasteiger partial charge on any atom is -0.316 e. The van der Waals surface area contributed by atoms with Gasteiger partial charge in [-0.25, -0.2) is 34.9 Å². The molecule has 0 aliphatic carbocycles.